The Morgan fingerprint density at radius 1 is 1.22 bits per heavy atom. The summed E-state index contributed by atoms with van der Waals surface area (Å²) in [6.45, 7) is 3.99. The van der Waals surface area contributed by atoms with Gasteiger partial charge in [0.25, 0.3) is 5.56 Å². The summed E-state index contributed by atoms with van der Waals surface area (Å²) in [6, 6.07) is 6.22. The van der Waals surface area contributed by atoms with E-state index in [4.69, 9.17) is 4.74 Å². The zero-order valence-electron chi connectivity index (χ0n) is 15.3. The number of aromatic amines is 1. The topological polar surface area (TPSA) is 98.2 Å². The number of H-pyrrole nitrogens is 1. The molecule has 1 aromatic heterocycles. The standard InChI is InChI=1S/C18H23FN2O5S/c1-18(2,12-27(24,25)15-6-3-5-14(19)11-15)8-4-10-26-13-21-9-7-16(22)20-17(21)23/h3,5-7,9,11H,4,8,10,12-13H2,1-2H3,(H,20,22,23). The molecule has 2 aromatic rings. The number of nitrogens with one attached hydrogen (secondary N) is 1. The number of halogens is 1. The monoisotopic (exact) mass is 398 g/mol. The summed E-state index contributed by atoms with van der Waals surface area (Å²) in [5, 5.41) is 0. The molecule has 0 amide bonds. The molecule has 9 heteroatoms. The molecule has 0 bridgehead atoms. The normalized spacial score (nSPS) is 12.3. The maximum absolute atomic E-state index is 13.3. The predicted molar refractivity (Wildman–Crippen MR) is 98.7 cm³/mol. The molecule has 0 unspecified atom stereocenters. The molecule has 0 atom stereocenters. The molecule has 0 aliphatic carbocycles. The van der Waals surface area contributed by atoms with Gasteiger partial charge in [0.1, 0.15) is 12.5 Å². The van der Waals surface area contributed by atoms with Gasteiger partial charge in [-0.25, -0.2) is 17.6 Å². The number of hydrogen-bond donors (Lipinski definition) is 1. The molecule has 0 saturated heterocycles. The predicted octanol–water partition coefficient (Wildman–Crippen LogP) is 1.93. The summed E-state index contributed by atoms with van der Waals surface area (Å²) >= 11 is 0. The van der Waals surface area contributed by atoms with Crippen molar-refractivity contribution >= 4 is 9.84 Å². The molecule has 1 N–H and O–H groups in total. The summed E-state index contributed by atoms with van der Waals surface area (Å²) in [4.78, 5) is 24.6. The molecule has 0 aliphatic heterocycles. The first-order valence-electron chi connectivity index (χ1n) is 8.45. The van der Waals surface area contributed by atoms with Crippen LogP contribution in [0.1, 0.15) is 26.7 Å². The zero-order chi connectivity index (χ0) is 20.1. The van der Waals surface area contributed by atoms with Gasteiger partial charge < -0.3 is 4.74 Å². The molecule has 0 spiro atoms. The maximum Gasteiger partial charge on any atom is 0.330 e. The van der Waals surface area contributed by atoms with E-state index in [1.165, 1.54) is 35.0 Å². The van der Waals surface area contributed by atoms with Crippen LogP contribution in [0.3, 0.4) is 0 Å². The third-order valence-electron chi connectivity index (χ3n) is 4.01. The lowest BCUT2D eigenvalue weighted by Crippen LogP contribution is -2.29. The van der Waals surface area contributed by atoms with E-state index in [2.05, 4.69) is 4.98 Å². The summed E-state index contributed by atoms with van der Waals surface area (Å²) in [5.41, 5.74) is -1.55. The first-order chi connectivity index (χ1) is 12.6. The smallest absolute Gasteiger partial charge is 0.330 e. The van der Waals surface area contributed by atoms with Gasteiger partial charge in [-0.05, 0) is 36.5 Å². The first-order valence-corrected chi connectivity index (χ1v) is 10.1. The molecule has 0 radical (unpaired) electrons. The van der Waals surface area contributed by atoms with Crippen molar-refractivity contribution in [2.75, 3.05) is 12.4 Å². The molecule has 2 rings (SSSR count). The van der Waals surface area contributed by atoms with Crippen molar-refractivity contribution in [2.45, 2.75) is 38.3 Å². The van der Waals surface area contributed by atoms with Crippen molar-refractivity contribution in [1.29, 1.82) is 0 Å². The van der Waals surface area contributed by atoms with Crippen LogP contribution in [0.2, 0.25) is 0 Å². The fourth-order valence-corrected chi connectivity index (χ4v) is 4.61. The maximum atomic E-state index is 13.3. The number of nitrogens with zero attached hydrogens (tertiary/aromatic N) is 1. The van der Waals surface area contributed by atoms with Crippen LogP contribution in [0.5, 0.6) is 0 Å². The quantitative estimate of drug-likeness (QED) is 0.651. The van der Waals surface area contributed by atoms with Crippen molar-refractivity contribution in [1.82, 2.24) is 9.55 Å². The van der Waals surface area contributed by atoms with Gasteiger partial charge in [0.2, 0.25) is 0 Å². The van der Waals surface area contributed by atoms with Crippen molar-refractivity contribution < 1.29 is 17.5 Å². The third-order valence-corrected chi connectivity index (χ3v) is 6.14. The Balaban J connectivity index is 1.84. The van der Waals surface area contributed by atoms with Gasteiger partial charge in [0, 0.05) is 18.9 Å². The molecule has 27 heavy (non-hydrogen) atoms. The van der Waals surface area contributed by atoms with Gasteiger partial charge in [-0.2, -0.15) is 0 Å². The first kappa shape index (κ1) is 21.0. The van der Waals surface area contributed by atoms with Gasteiger partial charge in [-0.15, -0.1) is 0 Å². The Bertz CT molecular complexity index is 995. The second kappa shape index (κ2) is 8.62. The molecule has 0 aliphatic rings. The van der Waals surface area contributed by atoms with Crippen LogP contribution in [-0.2, 0) is 21.3 Å². The highest BCUT2D eigenvalue weighted by atomic mass is 32.2. The van der Waals surface area contributed by atoms with Gasteiger partial charge in [0.05, 0.1) is 10.6 Å². The van der Waals surface area contributed by atoms with E-state index in [-0.39, 0.29) is 17.4 Å². The van der Waals surface area contributed by atoms with Crippen LogP contribution in [0.4, 0.5) is 4.39 Å². The Morgan fingerprint density at radius 2 is 1.96 bits per heavy atom. The minimum atomic E-state index is -3.60. The summed E-state index contributed by atoms with van der Waals surface area (Å²) in [7, 11) is -3.60. The molecule has 1 aromatic carbocycles. The van der Waals surface area contributed by atoms with Crippen LogP contribution in [0, 0.1) is 11.2 Å². The molecule has 0 fully saturated rings. The average Bonchev–Trinajstić information content (AvgIpc) is 2.55. The number of benzene rings is 1. The van der Waals surface area contributed by atoms with Crippen molar-refractivity contribution in [3.05, 3.63) is 63.2 Å². The number of ether oxygens (including phenoxy) is 1. The molecular formula is C18H23FN2O5S. The molecule has 7 nitrogen and oxygen atoms in total. The van der Waals surface area contributed by atoms with Crippen molar-refractivity contribution in [3.63, 3.8) is 0 Å². The van der Waals surface area contributed by atoms with E-state index < -0.39 is 32.3 Å². The summed E-state index contributed by atoms with van der Waals surface area (Å²) < 4.78 is 44.9. The lowest BCUT2D eigenvalue weighted by molar-refractivity contribution is 0.0663. The van der Waals surface area contributed by atoms with Crippen molar-refractivity contribution in [2.24, 2.45) is 5.41 Å². The van der Waals surface area contributed by atoms with E-state index >= 15 is 0 Å². The van der Waals surface area contributed by atoms with Gasteiger partial charge in [-0.3, -0.25) is 14.3 Å². The van der Waals surface area contributed by atoms with Crippen molar-refractivity contribution in [3.8, 4) is 0 Å². The Kier molecular flexibility index (Phi) is 6.72. The molecular weight excluding hydrogens is 375 g/mol. The summed E-state index contributed by atoms with van der Waals surface area (Å²) in [5.74, 6) is -0.692. The van der Waals surface area contributed by atoms with Crippen LogP contribution in [-0.4, -0.2) is 30.3 Å². The van der Waals surface area contributed by atoms with E-state index in [0.29, 0.717) is 19.4 Å². The molecule has 1 heterocycles. The molecule has 0 saturated carbocycles. The SMILES string of the molecule is CC(C)(CCCOCn1ccc(=O)[nH]c1=O)CS(=O)(=O)c1cccc(F)c1. The zero-order valence-corrected chi connectivity index (χ0v) is 16.1. The third kappa shape index (κ3) is 6.44. The molecule has 148 valence electrons. The van der Waals surface area contributed by atoms with Crippen LogP contribution in [0.25, 0.3) is 0 Å². The summed E-state index contributed by atoms with van der Waals surface area (Å²) in [6.07, 6.45) is 2.50. The van der Waals surface area contributed by atoms with Crippen LogP contribution < -0.4 is 11.2 Å². The van der Waals surface area contributed by atoms with Gasteiger partial charge in [0.15, 0.2) is 9.84 Å². The minimum Gasteiger partial charge on any atom is -0.361 e. The Morgan fingerprint density at radius 3 is 2.63 bits per heavy atom. The fourth-order valence-electron chi connectivity index (χ4n) is 2.69. The second-order valence-corrected chi connectivity index (χ2v) is 9.09. The van der Waals surface area contributed by atoms with E-state index in [0.717, 1.165) is 6.07 Å². The highest BCUT2D eigenvalue weighted by Crippen LogP contribution is 2.27. The van der Waals surface area contributed by atoms with Gasteiger partial charge in [-0.1, -0.05) is 19.9 Å². The number of sulfone groups is 1. The number of rotatable bonds is 9. The van der Waals surface area contributed by atoms with Gasteiger partial charge >= 0.3 is 5.69 Å². The lowest BCUT2D eigenvalue weighted by atomic mass is 9.90. The van der Waals surface area contributed by atoms with Crippen LogP contribution in [0.15, 0.2) is 51.0 Å². The highest BCUT2D eigenvalue weighted by molar-refractivity contribution is 7.91. The number of aromatic nitrogens is 2. The Labute approximate surface area is 156 Å². The largest absolute Gasteiger partial charge is 0.361 e. The number of hydrogen-bond acceptors (Lipinski definition) is 5. The lowest BCUT2D eigenvalue weighted by Gasteiger charge is -2.24. The minimum absolute atomic E-state index is 0.00235. The highest BCUT2D eigenvalue weighted by Gasteiger charge is 2.27. The average molecular weight is 398 g/mol. The van der Waals surface area contributed by atoms with E-state index in [1.54, 1.807) is 0 Å². The van der Waals surface area contributed by atoms with Crippen LogP contribution >= 0.6 is 0 Å². The fraction of sp³-hybridized carbons (Fsp3) is 0.444. The van der Waals surface area contributed by atoms with E-state index in [1.807, 2.05) is 13.8 Å². The van der Waals surface area contributed by atoms with E-state index in [9.17, 15) is 22.4 Å². The second-order valence-electron chi connectivity index (χ2n) is 7.10. The Hall–Kier alpha value is -2.26.